The Balaban J connectivity index is 2.09. The molecule has 162 valence electrons. The normalized spacial score (nSPS) is 12.8. The fraction of sp³-hybridized carbons (Fsp3) is 0.417. The molecule has 0 aliphatic carbocycles. The van der Waals surface area contributed by atoms with E-state index in [0.717, 1.165) is 22.2 Å². The smallest absolute Gasteiger partial charge is 0.243 e. The van der Waals surface area contributed by atoms with Crippen LogP contribution in [-0.4, -0.2) is 34.6 Å². The minimum Gasteiger partial charge on any atom is -0.352 e. The molecule has 2 aromatic rings. The second-order valence-corrected chi connectivity index (χ2v) is 9.27. The van der Waals surface area contributed by atoms with E-state index in [1.54, 1.807) is 16.7 Å². The Labute approximate surface area is 192 Å². The molecule has 0 bridgehead atoms. The lowest BCUT2D eigenvalue weighted by molar-refractivity contribution is -0.139. The van der Waals surface area contributed by atoms with Gasteiger partial charge in [-0.05, 0) is 43.0 Å². The molecule has 0 heterocycles. The predicted molar refractivity (Wildman–Crippen MR) is 129 cm³/mol. The van der Waals surface area contributed by atoms with Gasteiger partial charge in [-0.3, -0.25) is 9.59 Å². The molecule has 0 fully saturated rings. The Hall–Kier alpha value is -1.79. The summed E-state index contributed by atoms with van der Waals surface area (Å²) in [5, 5.41) is 3.04. The molecule has 0 aliphatic rings. The van der Waals surface area contributed by atoms with Crippen LogP contribution in [0.3, 0.4) is 0 Å². The lowest BCUT2D eigenvalue weighted by atomic mass is 10.1. The van der Waals surface area contributed by atoms with Gasteiger partial charge in [-0.15, -0.1) is 11.8 Å². The third-order valence-electron chi connectivity index (χ3n) is 4.99. The number of carbonyl (C=O) groups excluding carboxylic acids is 2. The average molecular weight is 491 g/mol. The Morgan fingerprint density at radius 3 is 2.27 bits per heavy atom. The fourth-order valence-electron chi connectivity index (χ4n) is 3.06. The number of hydrogen-bond acceptors (Lipinski definition) is 3. The van der Waals surface area contributed by atoms with Gasteiger partial charge in [0.05, 0.1) is 5.75 Å². The Morgan fingerprint density at radius 1 is 1.00 bits per heavy atom. The number of carbonyl (C=O) groups is 2. The molecule has 30 heavy (non-hydrogen) atoms. The van der Waals surface area contributed by atoms with Crippen molar-refractivity contribution >= 4 is 39.5 Å². The maximum absolute atomic E-state index is 13.2. The molecule has 2 amide bonds. The topological polar surface area (TPSA) is 49.4 Å². The van der Waals surface area contributed by atoms with Gasteiger partial charge < -0.3 is 10.2 Å². The number of hydrogen-bond donors (Lipinski definition) is 1. The summed E-state index contributed by atoms with van der Waals surface area (Å²) in [5.41, 5.74) is 2.20. The van der Waals surface area contributed by atoms with E-state index in [2.05, 4.69) is 33.4 Å². The highest BCUT2D eigenvalue weighted by atomic mass is 79.9. The lowest BCUT2D eigenvalue weighted by Gasteiger charge is -2.31. The SMILES string of the molecule is CC[C@H](C(=O)N[C@@H](C)CC)N(Cc1ccccc1)C(=O)CSCc1ccc(Br)cc1. The minimum atomic E-state index is -0.472. The molecule has 2 atom stereocenters. The zero-order valence-electron chi connectivity index (χ0n) is 17.9. The highest BCUT2D eigenvalue weighted by Crippen LogP contribution is 2.19. The third kappa shape index (κ3) is 7.80. The summed E-state index contributed by atoms with van der Waals surface area (Å²) in [5.74, 6) is 1.02. The van der Waals surface area contributed by atoms with Crippen LogP contribution in [0, 0.1) is 0 Å². The molecular formula is C24H31BrN2O2S. The van der Waals surface area contributed by atoms with Crippen molar-refractivity contribution in [2.45, 2.75) is 58.0 Å². The van der Waals surface area contributed by atoms with E-state index in [1.165, 1.54) is 5.56 Å². The van der Waals surface area contributed by atoms with Crippen LogP contribution in [0.25, 0.3) is 0 Å². The largest absolute Gasteiger partial charge is 0.352 e. The first-order chi connectivity index (χ1) is 14.4. The van der Waals surface area contributed by atoms with Gasteiger partial charge in [-0.2, -0.15) is 0 Å². The monoisotopic (exact) mass is 490 g/mol. The second kappa shape index (κ2) is 12.8. The van der Waals surface area contributed by atoms with Crippen molar-refractivity contribution in [1.82, 2.24) is 10.2 Å². The van der Waals surface area contributed by atoms with Crippen molar-refractivity contribution in [3.63, 3.8) is 0 Å². The van der Waals surface area contributed by atoms with Gasteiger partial charge >= 0.3 is 0 Å². The number of benzene rings is 2. The third-order valence-corrected chi connectivity index (χ3v) is 6.51. The van der Waals surface area contributed by atoms with E-state index in [9.17, 15) is 9.59 Å². The van der Waals surface area contributed by atoms with Crippen molar-refractivity contribution in [2.75, 3.05) is 5.75 Å². The van der Waals surface area contributed by atoms with Crippen molar-refractivity contribution in [1.29, 1.82) is 0 Å². The Kier molecular flexibility index (Phi) is 10.4. The highest BCUT2D eigenvalue weighted by Gasteiger charge is 2.29. The number of nitrogens with one attached hydrogen (secondary N) is 1. The summed E-state index contributed by atoms with van der Waals surface area (Å²) >= 11 is 5.02. The van der Waals surface area contributed by atoms with Gasteiger partial charge in [0.2, 0.25) is 11.8 Å². The molecule has 1 N–H and O–H groups in total. The number of rotatable bonds is 11. The summed E-state index contributed by atoms with van der Waals surface area (Å²) in [6, 6.07) is 17.6. The molecule has 0 radical (unpaired) electrons. The molecule has 0 aromatic heterocycles. The quantitative estimate of drug-likeness (QED) is 0.458. The summed E-state index contributed by atoms with van der Waals surface area (Å²) < 4.78 is 1.04. The zero-order chi connectivity index (χ0) is 21.9. The van der Waals surface area contributed by atoms with Crippen LogP contribution in [0.2, 0.25) is 0 Å². The van der Waals surface area contributed by atoms with E-state index >= 15 is 0 Å². The Morgan fingerprint density at radius 2 is 1.67 bits per heavy atom. The second-order valence-electron chi connectivity index (χ2n) is 7.37. The summed E-state index contributed by atoms with van der Waals surface area (Å²) in [7, 11) is 0. The lowest BCUT2D eigenvalue weighted by Crippen LogP contribution is -2.51. The molecule has 0 aliphatic heterocycles. The molecule has 2 rings (SSSR count). The van der Waals surface area contributed by atoms with E-state index in [1.807, 2.05) is 63.2 Å². The van der Waals surface area contributed by atoms with Gasteiger partial charge in [0.25, 0.3) is 0 Å². The van der Waals surface area contributed by atoms with Gasteiger partial charge in [-0.1, -0.05) is 72.2 Å². The first-order valence-electron chi connectivity index (χ1n) is 10.4. The molecule has 0 saturated heterocycles. The summed E-state index contributed by atoms with van der Waals surface area (Å²) in [4.78, 5) is 27.8. The van der Waals surface area contributed by atoms with Crippen LogP contribution in [-0.2, 0) is 21.9 Å². The summed E-state index contributed by atoms with van der Waals surface area (Å²) in [6.07, 6.45) is 1.44. The molecule has 0 spiro atoms. The number of nitrogens with zero attached hydrogens (tertiary/aromatic N) is 1. The van der Waals surface area contributed by atoms with Crippen molar-refractivity contribution < 1.29 is 9.59 Å². The molecule has 0 unspecified atom stereocenters. The minimum absolute atomic E-state index is 0.00730. The van der Waals surface area contributed by atoms with Gasteiger partial charge in [0, 0.05) is 22.8 Å². The van der Waals surface area contributed by atoms with Crippen LogP contribution in [0.5, 0.6) is 0 Å². The highest BCUT2D eigenvalue weighted by molar-refractivity contribution is 9.10. The predicted octanol–water partition coefficient (Wildman–Crippen LogP) is 5.40. The maximum atomic E-state index is 13.2. The molecule has 0 saturated carbocycles. The van der Waals surface area contributed by atoms with Crippen molar-refractivity contribution in [2.24, 2.45) is 0 Å². The van der Waals surface area contributed by atoms with Crippen LogP contribution >= 0.6 is 27.7 Å². The van der Waals surface area contributed by atoms with Crippen LogP contribution in [0.15, 0.2) is 59.1 Å². The van der Waals surface area contributed by atoms with Gasteiger partial charge in [0.15, 0.2) is 0 Å². The standard InChI is InChI=1S/C24H31BrN2O2S/c1-4-18(3)26-24(29)22(5-2)27(15-19-9-7-6-8-10-19)23(28)17-30-16-20-11-13-21(25)14-12-20/h6-14,18,22H,4-5,15-17H2,1-3H3,(H,26,29)/t18-,22+/m0/s1. The van der Waals surface area contributed by atoms with Crippen LogP contribution < -0.4 is 5.32 Å². The summed E-state index contributed by atoms with van der Waals surface area (Å²) in [6.45, 7) is 6.42. The zero-order valence-corrected chi connectivity index (χ0v) is 20.3. The molecule has 6 heteroatoms. The first-order valence-corrected chi connectivity index (χ1v) is 12.3. The first kappa shape index (κ1) is 24.5. The fourth-order valence-corrected chi connectivity index (χ4v) is 4.20. The molecule has 2 aromatic carbocycles. The van der Waals surface area contributed by atoms with Gasteiger partial charge in [-0.25, -0.2) is 0 Å². The van der Waals surface area contributed by atoms with Crippen molar-refractivity contribution in [3.05, 3.63) is 70.2 Å². The average Bonchev–Trinajstić information content (AvgIpc) is 2.75. The maximum Gasteiger partial charge on any atom is 0.243 e. The van der Waals surface area contributed by atoms with E-state index in [0.29, 0.717) is 18.7 Å². The van der Waals surface area contributed by atoms with Crippen LogP contribution in [0.1, 0.15) is 44.7 Å². The number of amides is 2. The molecule has 4 nitrogen and oxygen atoms in total. The number of thioether (sulfide) groups is 1. The van der Waals surface area contributed by atoms with E-state index in [4.69, 9.17) is 0 Å². The Bertz CT molecular complexity index is 799. The van der Waals surface area contributed by atoms with Gasteiger partial charge in [0.1, 0.15) is 6.04 Å². The number of halogens is 1. The van der Waals surface area contributed by atoms with E-state index in [-0.39, 0.29) is 17.9 Å². The van der Waals surface area contributed by atoms with E-state index < -0.39 is 6.04 Å². The van der Waals surface area contributed by atoms with Crippen LogP contribution in [0.4, 0.5) is 0 Å². The van der Waals surface area contributed by atoms with Crippen molar-refractivity contribution in [3.8, 4) is 0 Å². The molecular weight excluding hydrogens is 460 g/mol.